The van der Waals surface area contributed by atoms with Crippen LogP contribution in [0.25, 0.3) is 21.9 Å². The molecule has 5 rings (SSSR count). The summed E-state index contributed by atoms with van der Waals surface area (Å²) in [6, 6.07) is 12.3. The van der Waals surface area contributed by atoms with Gasteiger partial charge in [-0.05, 0) is 63.4 Å². The van der Waals surface area contributed by atoms with Gasteiger partial charge in [0.05, 0.1) is 27.4 Å². The van der Waals surface area contributed by atoms with Gasteiger partial charge in [0.15, 0.2) is 23.0 Å². The minimum absolute atomic E-state index is 0.264. The molecule has 132 valence electrons. The lowest BCUT2D eigenvalue weighted by molar-refractivity contribution is 0.134. The molecule has 5 heteroatoms. The van der Waals surface area contributed by atoms with Crippen molar-refractivity contribution in [1.82, 2.24) is 0 Å². The van der Waals surface area contributed by atoms with Crippen molar-refractivity contribution < 1.29 is 23.7 Å². The first-order valence-electron chi connectivity index (χ1n) is 8.46. The first-order chi connectivity index (χ1) is 12.8. The second-order valence-electron chi connectivity index (χ2n) is 6.38. The average molecular weight is 350 g/mol. The zero-order chi connectivity index (χ0) is 17.7. The van der Waals surface area contributed by atoms with Crippen molar-refractivity contribution >= 4 is 10.8 Å². The van der Waals surface area contributed by atoms with Gasteiger partial charge < -0.3 is 23.7 Å². The van der Waals surface area contributed by atoms with Gasteiger partial charge in [0.25, 0.3) is 0 Å². The second kappa shape index (κ2) is 5.81. The van der Waals surface area contributed by atoms with Crippen molar-refractivity contribution in [3.05, 3.63) is 47.5 Å². The van der Waals surface area contributed by atoms with Crippen LogP contribution in [0.2, 0.25) is 0 Å². The first kappa shape index (κ1) is 15.3. The molecule has 0 N–H and O–H groups in total. The highest BCUT2D eigenvalue weighted by Gasteiger charge is 2.23. The molecular formula is C21H18O5. The molecular weight excluding hydrogens is 332 g/mol. The van der Waals surface area contributed by atoms with Crippen molar-refractivity contribution in [2.45, 2.75) is 13.2 Å². The summed E-state index contributed by atoms with van der Waals surface area (Å²) in [4.78, 5) is 0. The molecule has 0 saturated carbocycles. The van der Waals surface area contributed by atoms with Crippen molar-refractivity contribution in [3.63, 3.8) is 0 Å². The molecule has 0 aromatic heterocycles. The van der Waals surface area contributed by atoms with E-state index < -0.39 is 0 Å². The Kier molecular flexibility index (Phi) is 3.43. The molecule has 0 saturated heterocycles. The van der Waals surface area contributed by atoms with E-state index in [0.29, 0.717) is 24.7 Å². The SMILES string of the molecule is COc1ccc(-c2c3c(cc4cc5c(cc24)OCO5)COC3)cc1OC. The number of methoxy groups -OCH3 is 2. The fraction of sp³-hybridized carbons (Fsp3) is 0.238. The van der Waals surface area contributed by atoms with Crippen molar-refractivity contribution in [1.29, 1.82) is 0 Å². The molecule has 0 atom stereocenters. The third-order valence-electron chi connectivity index (χ3n) is 5.01. The molecule has 2 aliphatic heterocycles. The summed E-state index contributed by atoms with van der Waals surface area (Å²) in [6.45, 7) is 1.49. The molecule has 3 aromatic rings. The first-order valence-corrected chi connectivity index (χ1v) is 8.46. The number of hydrogen-bond acceptors (Lipinski definition) is 5. The van der Waals surface area contributed by atoms with E-state index in [1.165, 1.54) is 11.1 Å². The van der Waals surface area contributed by atoms with Crippen LogP contribution in [0.4, 0.5) is 0 Å². The molecule has 0 bridgehead atoms. The molecule has 0 aliphatic carbocycles. The van der Waals surface area contributed by atoms with E-state index in [-0.39, 0.29) is 6.79 Å². The van der Waals surface area contributed by atoms with Gasteiger partial charge >= 0.3 is 0 Å². The molecule has 2 heterocycles. The number of hydrogen-bond donors (Lipinski definition) is 0. The molecule has 0 amide bonds. The van der Waals surface area contributed by atoms with Gasteiger partial charge in [-0.2, -0.15) is 0 Å². The summed E-state index contributed by atoms with van der Waals surface area (Å²) in [5.41, 5.74) is 4.63. The lowest BCUT2D eigenvalue weighted by Gasteiger charge is -2.15. The molecule has 3 aromatic carbocycles. The lowest BCUT2D eigenvalue weighted by Crippen LogP contribution is -1.95. The number of fused-ring (bicyclic) bond motifs is 3. The minimum atomic E-state index is 0.264. The standard InChI is InChI=1S/C21H18O5/c1-22-17-4-3-12(6-18(17)23-2)21-15-8-20-19(25-11-26-20)7-13(15)5-14-9-24-10-16(14)21/h3-8H,9-11H2,1-2H3. The van der Waals surface area contributed by atoms with Gasteiger partial charge in [-0.3, -0.25) is 0 Å². The second-order valence-corrected chi connectivity index (χ2v) is 6.38. The summed E-state index contributed by atoms with van der Waals surface area (Å²) in [5.74, 6) is 2.98. The Morgan fingerprint density at radius 2 is 1.65 bits per heavy atom. The topological polar surface area (TPSA) is 46.2 Å². The molecule has 5 nitrogen and oxygen atoms in total. The average Bonchev–Trinajstić information content (AvgIpc) is 3.32. The molecule has 0 radical (unpaired) electrons. The van der Waals surface area contributed by atoms with Crippen molar-refractivity contribution in [2.75, 3.05) is 21.0 Å². The highest BCUT2D eigenvalue weighted by atomic mass is 16.7. The van der Waals surface area contributed by atoms with Crippen LogP contribution in [0.1, 0.15) is 11.1 Å². The fourth-order valence-corrected chi connectivity index (χ4v) is 3.77. The Bertz CT molecular complexity index is 1020. The Morgan fingerprint density at radius 1 is 0.846 bits per heavy atom. The number of ether oxygens (including phenoxy) is 5. The maximum absolute atomic E-state index is 5.73. The maximum Gasteiger partial charge on any atom is 0.231 e. The van der Waals surface area contributed by atoms with Crippen LogP contribution in [-0.4, -0.2) is 21.0 Å². The van der Waals surface area contributed by atoms with E-state index in [2.05, 4.69) is 18.2 Å². The monoisotopic (exact) mass is 350 g/mol. The van der Waals surface area contributed by atoms with Gasteiger partial charge in [0.2, 0.25) is 6.79 Å². The van der Waals surface area contributed by atoms with E-state index in [0.717, 1.165) is 33.4 Å². The zero-order valence-electron chi connectivity index (χ0n) is 14.6. The normalized spacial score (nSPS) is 14.5. The van der Waals surface area contributed by atoms with E-state index in [9.17, 15) is 0 Å². The Hall–Kier alpha value is -2.92. The highest BCUT2D eigenvalue weighted by Crippen LogP contribution is 2.45. The predicted octanol–water partition coefficient (Wildman–Crippen LogP) is 4.28. The van der Waals surface area contributed by atoms with Gasteiger partial charge in [-0.1, -0.05) is 6.07 Å². The highest BCUT2D eigenvalue weighted by molar-refractivity contribution is 6.01. The van der Waals surface area contributed by atoms with Crippen LogP contribution < -0.4 is 18.9 Å². The molecule has 0 fully saturated rings. The summed E-state index contributed by atoms with van der Waals surface area (Å²) < 4.78 is 27.8. The van der Waals surface area contributed by atoms with Crippen LogP contribution in [-0.2, 0) is 18.0 Å². The summed E-state index contributed by atoms with van der Waals surface area (Å²) >= 11 is 0. The van der Waals surface area contributed by atoms with E-state index >= 15 is 0 Å². The maximum atomic E-state index is 5.73. The largest absolute Gasteiger partial charge is 0.493 e. The predicted molar refractivity (Wildman–Crippen MR) is 97.1 cm³/mol. The van der Waals surface area contributed by atoms with Crippen LogP contribution >= 0.6 is 0 Å². The van der Waals surface area contributed by atoms with Crippen LogP contribution in [0.5, 0.6) is 23.0 Å². The number of benzene rings is 3. The molecule has 26 heavy (non-hydrogen) atoms. The summed E-state index contributed by atoms with van der Waals surface area (Å²) in [5, 5.41) is 2.23. The lowest BCUT2D eigenvalue weighted by atomic mass is 9.90. The quantitative estimate of drug-likeness (QED) is 0.705. The third-order valence-corrected chi connectivity index (χ3v) is 5.01. The number of rotatable bonds is 3. The Morgan fingerprint density at radius 3 is 2.46 bits per heavy atom. The molecule has 0 unspecified atom stereocenters. The van der Waals surface area contributed by atoms with Crippen LogP contribution in [0, 0.1) is 0 Å². The smallest absolute Gasteiger partial charge is 0.231 e. The van der Waals surface area contributed by atoms with E-state index in [1.807, 2.05) is 18.2 Å². The minimum Gasteiger partial charge on any atom is -0.493 e. The van der Waals surface area contributed by atoms with Crippen molar-refractivity contribution in [2.24, 2.45) is 0 Å². The summed E-state index contributed by atoms with van der Waals surface area (Å²) in [7, 11) is 3.29. The van der Waals surface area contributed by atoms with Gasteiger partial charge in [0, 0.05) is 0 Å². The van der Waals surface area contributed by atoms with Crippen LogP contribution in [0.3, 0.4) is 0 Å². The van der Waals surface area contributed by atoms with Crippen molar-refractivity contribution in [3.8, 4) is 34.1 Å². The van der Waals surface area contributed by atoms with E-state index in [4.69, 9.17) is 23.7 Å². The molecule has 0 spiro atoms. The Labute approximate surface area is 151 Å². The zero-order valence-corrected chi connectivity index (χ0v) is 14.6. The summed E-state index contributed by atoms with van der Waals surface area (Å²) in [6.07, 6.45) is 0. The van der Waals surface area contributed by atoms with Crippen LogP contribution in [0.15, 0.2) is 36.4 Å². The van der Waals surface area contributed by atoms with Gasteiger partial charge in [0.1, 0.15) is 0 Å². The third kappa shape index (κ3) is 2.21. The molecule has 2 aliphatic rings. The fourth-order valence-electron chi connectivity index (χ4n) is 3.77. The van der Waals surface area contributed by atoms with E-state index in [1.54, 1.807) is 14.2 Å². The Balaban J connectivity index is 1.81. The van der Waals surface area contributed by atoms with Gasteiger partial charge in [-0.15, -0.1) is 0 Å². The van der Waals surface area contributed by atoms with Gasteiger partial charge in [-0.25, -0.2) is 0 Å².